The average molecular weight is 419 g/mol. The molecule has 2 saturated heterocycles. The standard InChI is InChI=1S/C22H24F3N3O2/c1-13-5-7-15(20(19(13)25)27-17-8-6-14(23)10-16(17)24)21(29)28-11-22(30,12-28)18-4-2-3-9-26-18/h5-8,10,18,26-27,30H,2-4,9,11-12H2,1H3/t18-/m0/s1. The van der Waals surface area contributed by atoms with E-state index in [1.807, 2.05) is 0 Å². The van der Waals surface area contributed by atoms with E-state index in [0.29, 0.717) is 6.07 Å². The summed E-state index contributed by atoms with van der Waals surface area (Å²) in [6.07, 6.45) is 2.93. The number of amides is 1. The maximum Gasteiger partial charge on any atom is 0.256 e. The first-order valence-electron chi connectivity index (χ1n) is 10.0. The van der Waals surface area contributed by atoms with E-state index in [1.54, 1.807) is 0 Å². The Bertz CT molecular complexity index is 970. The van der Waals surface area contributed by atoms with Gasteiger partial charge in [-0.25, -0.2) is 13.2 Å². The van der Waals surface area contributed by atoms with Crippen LogP contribution in [0.25, 0.3) is 0 Å². The number of aryl methyl sites for hydroxylation is 1. The van der Waals surface area contributed by atoms with Crippen molar-refractivity contribution < 1.29 is 23.1 Å². The van der Waals surface area contributed by atoms with Gasteiger partial charge in [-0.1, -0.05) is 12.5 Å². The van der Waals surface area contributed by atoms with Crippen LogP contribution in [-0.4, -0.2) is 47.2 Å². The molecule has 4 rings (SSSR count). The van der Waals surface area contributed by atoms with Gasteiger partial charge in [-0.3, -0.25) is 4.79 Å². The summed E-state index contributed by atoms with van der Waals surface area (Å²) in [4.78, 5) is 14.5. The highest BCUT2D eigenvalue weighted by Crippen LogP contribution is 2.34. The van der Waals surface area contributed by atoms with Crippen molar-refractivity contribution in [3.05, 3.63) is 58.9 Å². The molecule has 2 heterocycles. The molecule has 0 radical (unpaired) electrons. The van der Waals surface area contributed by atoms with E-state index in [9.17, 15) is 23.1 Å². The predicted molar refractivity (Wildman–Crippen MR) is 107 cm³/mol. The Morgan fingerprint density at radius 3 is 2.63 bits per heavy atom. The van der Waals surface area contributed by atoms with Gasteiger partial charge < -0.3 is 20.6 Å². The second-order valence-electron chi connectivity index (χ2n) is 8.14. The fourth-order valence-electron chi connectivity index (χ4n) is 4.17. The van der Waals surface area contributed by atoms with Gasteiger partial charge in [0.05, 0.1) is 30.0 Å². The lowest BCUT2D eigenvalue weighted by molar-refractivity contribution is -0.108. The molecule has 1 amide bonds. The summed E-state index contributed by atoms with van der Waals surface area (Å²) in [6.45, 7) is 2.65. The van der Waals surface area contributed by atoms with Gasteiger partial charge in [0.25, 0.3) is 5.91 Å². The van der Waals surface area contributed by atoms with Crippen LogP contribution in [0.4, 0.5) is 24.5 Å². The van der Waals surface area contributed by atoms with E-state index in [-0.39, 0.29) is 41.6 Å². The molecule has 0 aromatic heterocycles. The van der Waals surface area contributed by atoms with Crippen LogP contribution in [-0.2, 0) is 0 Å². The van der Waals surface area contributed by atoms with E-state index in [2.05, 4.69) is 10.6 Å². The van der Waals surface area contributed by atoms with Crippen molar-refractivity contribution in [3.8, 4) is 0 Å². The second-order valence-corrected chi connectivity index (χ2v) is 8.14. The number of hydrogen-bond acceptors (Lipinski definition) is 4. The molecule has 1 atom stereocenters. The number of nitrogens with one attached hydrogen (secondary N) is 2. The Kier molecular flexibility index (Phi) is 5.46. The van der Waals surface area contributed by atoms with Crippen LogP contribution < -0.4 is 10.6 Å². The van der Waals surface area contributed by atoms with Crippen LogP contribution in [0.2, 0.25) is 0 Å². The molecule has 0 bridgehead atoms. The third-order valence-electron chi connectivity index (χ3n) is 5.93. The van der Waals surface area contributed by atoms with Crippen molar-refractivity contribution in [1.29, 1.82) is 0 Å². The number of benzene rings is 2. The fraction of sp³-hybridized carbons (Fsp3) is 0.409. The Labute approximate surface area is 172 Å². The van der Waals surface area contributed by atoms with Crippen molar-refractivity contribution in [2.75, 3.05) is 25.0 Å². The fourth-order valence-corrected chi connectivity index (χ4v) is 4.17. The summed E-state index contributed by atoms with van der Waals surface area (Å²) in [5.41, 5.74) is -1.00. The second kappa shape index (κ2) is 7.92. The normalized spacial score (nSPS) is 20.6. The minimum Gasteiger partial charge on any atom is -0.385 e. The Balaban J connectivity index is 1.57. The Morgan fingerprint density at radius 2 is 1.97 bits per heavy atom. The molecule has 2 aromatic rings. The lowest BCUT2D eigenvalue weighted by Crippen LogP contribution is -2.72. The largest absolute Gasteiger partial charge is 0.385 e. The van der Waals surface area contributed by atoms with Crippen LogP contribution in [0.15, 0.2) is 30.3 Å². The van der Waals surface area contributed by atoms with Gasteiger partial charge in [-0.05, 0) is 50.1 Å². The minimum absolute atomic E-state index is 0.0282. The highest BCUT2D eigenvalue weighted by molar-refractivity contribution is 6.01. The van der Waals surface area contributed by atoms with Gasteiger partial charge in [-0.15, -0.1) is 0 Å². The molecular formula is C22H24F3N3O2. The smallest absolute Gasteiger partial charge is 0.256 e. The number of halogens is 3. The van der Waals surface area contributed by atoms with Gasteiger partial charge in [0.2, 0.25) is 0 Å². The van der Waals surface area contributed by atoms with Crippen molar-refractivity contribution in [2.24, 2.45) is 0 Å². The molecule has 2 aliphatic heterocycles. The summed E-state index contributed by atoms with van der Waals surface area (Å²) >= 11 is 0. The van der Waals surface area contributed by atoms with Gasteiger partial charge >= 0.3 is 0 Å². The van der Waals surface area contributed by atoms with E-state index in [4.69, 9.17) is 0 Å². The molecule has 5 nitrogen and oxygen atoms in total. The predicted octanol–water partition coefficient (Wildman–Crippen LogP) is 3.48. The number of carbonyl (C=O) groups excluding carboxylic acids is 1. The molecule has 8 heteroatoms. The third kappa shape index (κ3) is 3.77. The Morgan fingerprint density at radius 1 is 1.20 bits per heavy atom. The van der Waals surface area contributed by atoms with Crippen LogP contribution in [0.1, 0.15) is 35.2 Å². The number of anilines is 2. The number of carbonyl (C=O) groups is 1. The molecule has 0 aliphatic carbocycles. The summed E-state index contributed by atoms with van der Waals surface area (Å²) in [5.74, 6) is -2.79. The number of aliphatic hydroxyl groups is 1. The number of β-amino-alcohol motifs (C(OH)–C–C–N with tert-alkyl or cyclic N) is 1. The number of likely N-dealkylation sites (tertiary alicyclic amines) is 1. The summed E-state index contributed by atoms with van der Waals surface area (Å²) in [6, 6.07) is 5.76. The van der Waals surface area contributed by atoms with E-state index in [0.717, 1.165) is 37.9 Å². The molecule has 3 N–H and O–H groups in total. The number of hydrogen-bond donors (Lipinski definition) is 3. The molecular weight excluding hydrogens is 395 g/mol. The van der Waals surface area contributed by atoms with Gasteiger partial charge in [0.15, 0.2) is 0 Å². The average Bonchev–Trinajstić information content (AvgIpc) is 2.71. The van der Waals surface area contributed by atoms with Gasteiger partial charge in [-0.2, -0.15) is 0 Å². The highest BCUT2D eigenvalue weighted by Gasteiger charge is 2.49. The van der Waals surface area contributed by atoms with Crippen molar-refractivity contribution in [1.82, 2.24) is 10.2 Å². The van der Waals surface area contributed by atoms with Gasteiger partial charge in [0.1, 0.15) is 23.1 Å². The monoisotopic (exact) mass is 419 g/mol. The van der Waals surface area contributed by atoms with Crippen LogP contribution in [0, 0.1) is 24.4 Å². The molecule has 0 spiro atoms. The zero-order chi connectivity index (χ0) is 21.5. The van der Waals surface area contributed by atoms with E-state index in [1.165, 1.54) is 24.0 Å². The minimum atomic E-state index is -1.00. The summed E-state index contributed by atoms with van der Waals surface area (Å²) in [7, 11) is 0. The maximum absolute atomic E-state index is 14.9. The molecule has 2 aliphatic rings. The summed E-state index contributed by atoms with van der Waals surface area (Å²) < 4.78 is 42.1. The molecule has 0 saturated carbocycles. The number of rotatable bonds is 4. The van der Waals surface area contributed by atoms with Crippen molar-refractivity contribution >= 4 is 17.3 Å². The topological polar surface area (TPSA) is 64.6 Å². The lowest BCUT2D eigenvalue weighted by atomic mass is 9.81. The van der Waals surface area contributed by atoms with Crippen LogP contribution in [0.5, 0.6) is 0 Å². The third-order valence-corrected chi connectivity index (χ3v) is 5.93. The molecule has 2 aromatic carbocycles. The lowest BCUT2D eigenvalue weighted by Gasteiger charge is -2.51. The Hall–Kier alpha value is -2.58. The number of nitrogens with zero attached hydrogens (tertiary/aromatic N) is 1. The number of piperidine rings is 1. The molecule has 160 valence electrons. The van der Waals surface area contributed by atoms with E-state index < -0.39 is 29.0 Å². The van der Waals surface area contributed by atoms with Crippen LogP contribution >= 0.6 is 0 Å². The van der Waals surface area contributed by atoms with Gasteiger partial charge in [0, 0.05) is 12.1 Å². The zero-order valence-electron chi connectivity index (χ0n) is 16.6. The highest BCUT2D eigenvalue weighted by atomic mass is 19.1. The first-order chi connectivity index (χ1) is 14.3. The van der Waals surface area contributed by atoms with Crippen LogP contribution in [0.3, 0.4) is 0 Å². The van der Waals surface area contributed by atoms with E-state index >= 15 is 0 Å². The maximum atomic E-state index is 14.9. The van der Waals surface area contributed by atoms with Crippen molar-refractivity contribution in [3.63, 3.8) is 0 Å². The van der Waals surface area contributed by atoms with Crippen molar-refractivity contribution in [2.45, 2.75) is 37.8 Å². The SMILES string of the molecule is Cc1ccc(C(=O)N2CC(O)([C@@H]3CCCCN3)C2)c(Nc2ccc(F)cc2F)c1F. The first-order valence-corrected chi connectivity index (χ1v) is 10.0. The first kappa shape index (κ1) is 20.7. The molecule has 0 unspecified atom stereocenters. The quantitative estimate of drug-likeness (QED) is 0.710. The summed E-state index contributed by atoms with van der Waals surface area (Å²) in [5, 5.41) is 16.7. The zero-order valence-corrected chi connectivity index (χ0v) is 16.6. The molecule has 30 heavy (non-hydrogen) atoms. The molecule has 2 fully saturated rings.